The number of hydrogen-bond acceptors (Lipinski definition) is 4. The van der Waals surface area contributed by atoms with Gasteiger partial charge in [-0.1, -0.05) is 23.2 Å². The number of aliphatic carboxylic acids is 1. The van der Waals surface area contributed by atoms with E-state index in [2.05, 4.69) is 10.6 Å². The monoisotopic (exact) mass is 335 g/mol. The Bertz CT molecular complexity index is 593. The summed E-state index contributed by atoms with van der Waals surface area (Å²) in [5.41, 5.74) is 4.91. The van der Waals surface area contributed by atoms with E-state index >= 15 is 0 Å². The maximum Gasteiger partial charge on any atom is 0.337 e. The summed E-state index contributed by atoms with van der Waals surface area (Å²) in [6, 6.07) is 0.329. The van der Waals surface area contributed by atoms with Crippen molar-refractivity contribution in [3.63, 3.8) is 0 Å². The number of nitrogens with one attached hydrogen (secondary N) is 2. The average Bonchev–Trinajstić information content (AvgIpc) is 2.39. The maximum absolute atomic E-state index is 11.6. The molecule has 114 valence electrons. The van der Waals surface area contributed by atoms with E-state index in [0.717, 1.165) is 6.07 Å². The van der Waals surface area contributed by atoms with Crippen LogP contribution in [0.1, 0.15) is 10.4 Å². The first-order valence-electron chi connectivity index (χ1n) is 5.48. The van der Waals surface area contributed by atoms with Crippen molar-refractivity contribution in [2.75, 3.05) is 11.9 Å². The van der Waals surface area contributed by atoms with E-state index in [4.69, 9.17) is 39.1 Å². The number of urea groups is 1. The number of anilines is 1. The summed E-state index contributed by atoms with van der Waals surface area (Å²) in [6.07, 6.45) is 0. The van der Waals surface area contributed by atoms with E-state index in [0.29, 0.717) is 0 Å². The molecule has 0 radical (unpaired) electrons. The fourth-order valence-corrected chi connectivity index (χ4v) is 1.75. The molecule has 21 heavy (non-hydrogen) atoms. The van der Waals surface area contributed by atoms with Gasteiger partial charge in [0.2, 0.25) is 0 Å². The molecule has 0 aliphatic heterocycles. The van der Waals surface area contributed by atoms with Gasteiger partial charge < -0.3 is 26.6 Å². The molecule has 0 saturated heterocycles. The van der Waals surface area contributed by atoms with Crippen LogP contribution in [-0.2, 0) is 4.79 Å². The van der Waals surface area contributed by atoms with E-state index in [1.807, 2.05) is 0 Å². The first kappa shape index (κ1) is 17.0. The molecular weight excluding hydrogens is 325 g/mol. The standard InChI is InChI=1S/C11H11Cl2N3O5/c12-4-1-5(9(17)18)8(13)7(2-4)16-11(21)15-3-6(14)10(19)20/h1-2,6H,3,14H2,(H,17,18)(H,19,20)(H2,15,16,21). The summed E-state index contributed by atoms with van der Waals surface area (Å²) in [5.74, 6) is -2.58. The van der Waals surface area contributed by atoms with Crippen molar-refractivity contribution < 1.29 is 24.6 Å². The van der Waals surface area contributed by atoms with Gasteiger partial charge in [0.25, 0.3) is 0 Å². The zero-order valence-corrected chi connectivity index (χ0v) is 11.9. The third-order valence-corrected chi connectivity index (χ3v) is 2.94. The highest BCUT2D eigenvalue weighted by Gasteiger charge is 2.17. The molecule has 1 atom stereocenters. The lowest BCUT2D eigenvalue weighted by Crippen LogP contribution is -2.43. The highest BCUT2D eigenvalue weighted by molar-refractivity contribution is 6.38. The number of rotatable bonds is 5. The Labute approximate surface area is 128 Å². The number of carboxylic acids is 2. The van der Waals surface area contributed by atoms with Crippen LogP contribution in [0.5, 0.6) is 0 Å². The van der Waals surface area contributed by atoms with Crippen LogP contribution < -0.4 is 16.4 Å². The van der Waals surface area contributed by atoms with Crippen molar-refractivity contribution in [3.05, 3.63) is 27.7 Å². The molecule has 0 saturated carbocycles. The van der Waals surface area contributed by atoms with Crippen LogP contribution in [0, 0.1) is 0 Å². The van der Waals surface area contributed by atoms with Crippen molar-refractivity contribution in [2.45, 2.75) is 6.04 Å². The van der Waals surface area contributed by atoms with E-state index in [1.165, 1.54) is 6.07 Å². The molecule has 1 unspecified atom stereocenters. The molecular formula is C11H11Cl2N3O5. The van der Waals surface area contributed by atoms with Crippen molar-refractivity contribution in [1.82, 2.24) is 5.32 Å². The molecule has 0 fully saturated rings. The normalized spacial score (nSPS) is 11.6. The molecule has 2 amide bonds. The predicted molar refractivity (Wildman–Crippen MR) is 76.1 cm³/mol. The fourth-order valence-electron chi connectivity index (χ4n) is 1.29. The summed E-state index contributed by atoms with van der Waals surface area (Å²) < 4.78 is 0. The predicted octanol–water partition coefficient (Wildman–Crippen LogP) is 1.23. The molecule has 0 aliphatic rings. The number of amides is 2. The SMILES string of the molecule is NC(CNC(=O)Nc1cc(Cl)cc(C(=O)O)c1Cl)C(=O)O. The van der Waals surface area contributed by atoms with Gasteiger partial charge in [0.15, 0.2) is 0 Å². The first-order chi connectivity index (χ1) is 9.72. The second-order valence-electron chi connectivity index (χ2n) is 3.90. The van der Waals surface area contributed by atoms with Gasteiger partial charge in [-0.25, -0.2) is 9.59 Å². The number of carboxylic acid groups (broad SMARTS) is 2. The van der Waals surface area contributed by atoms with E-state index in [9.17, 15) is 14.4 Å². The molecule has 10 heteroatoms. The average molecular weight is 336 g/mol. The van der Waals surface area contributed by atoms with Gasteiger partial charge in [0.05, 0.1) is 16.3 Å². The second-order valence-corrected chi connectivity index (χ2v) is 4.71. The lowest BCUT2D eigenvalue weighted by molar-refractivity contribution is -0.138. The number of aromatic carboxylic acids is 1. The number of carbonyl (C=O) groups is 3. The van der Waals surface area contributed by atoms with Crippen molar-refractivity contribution in [2.24, 2.45) is 5.73 Å². The largest absolute Gasteiger partial charge is 0.480 e. The van der Waals surface area contributed by atoms with Crippen molar-refractivity contribution in [1.29, 1.82) is 0 Å². The van der Waals surface area contributed by atoms with Crippen LogP contribution in [0.3, 0.4) is 0 Å². The minimum Gasteiger partial charge on any atom is -0.480 e. The number of benzene rings is 1. The third-order valence-electron chi connectivity index (χ3n) is 2.32. The summed E-state index contributed by atoms with van der Waals surface area (Å²) >= 11 is 11.6. The molecule has 0 aliphatic carbocycles. The van der Waals surface area contributed by atoms with Crippen molar-refractivity contribution in [3.8, 4) is 0 Å². The van der Waals surface area contributed by atoms with Gasteiger partial charge in [-0.05, 0) is 12.1 Å². The summed E-state index contributed by atoms with van der Waals surface area (Å²) in [5, 5.41) is 21.8. The Morgan fingerprint density at radius 3 is 2.38 bits per heavy atom. The Morgan fingerprint density at radius 2 is 1.86 bits per heavy atom. The van der Waals surface area contributed by atoms with E-state index in [-0.39, 0.29) is 27.8 Å². The summed E-state index contributed by atoms with van der Waals surface area (Å²) in [7, 11) is 0. The van der Waals surface area contributed by atoms with Crippen LogP contribution in [0.2, 0.25) is 10.0 Å². The molecule has 1 aromatic carbocycles. The van der Waals surface area contributed by atoms with Gasteiger partial charge >= 0.3 is 18.0 Å². The Balaban J connectivity index is 2.81. The second kappa shape index (κ2) is 7.11. The van der Waals surface area contributed by atoms with E-state index < -0.39 is 24.0 Å². The zero-order valence-electron chi connectivity index (χ0n) is 10.4. The number of halogens is 2. The van der Waals surface area contributed by atoms with Gasteiger partial charge in [0, 0.05) is 11.6 Å². The molecule has 1 aromatic rings. The van der Waals surface area contributed by atoms with Crippen molar-refractivity contribution >= 4 is 46.9 Å². The van der Waals surface area contributed by atoms with Crippen LogP contribution in [-0.4, -0.2) is 40.8 Å². The van der Waals surface area contributed by atoms with Gasteiger partial charge in [-0.3, -0.25) is 4.79 Å². The third kappa shape index (κ3) is 4.78. The smallest absolute Gasteiger partial charge is 0.337 e. The minimum atomic E-state index is -1.31. The van der Waals surface area contributed by atoms with Gasteiger partial charge in [-0.2, -0.15) is 0 Å². The highest BCUT2D eigenvalue weighted by atomic mass is 35.5. The number of nitrogens with two attached hydrogens (primary N) is 1. The molecule has 6 N–H and O–H groups in total. The van der Waals surface area contributed by atoms with Crippen LogP contribution in [0.15, 0.2) is 12.1 Å². The molecule has 0 spiro atoms. The number of hydrogen-bond donors (Lipinski definition) is 5. The fraction of sp³-hybridized carbons (Fsp3) is 0.182. The number of carbonyl (C=O) groups excluding carboxylic acids is 1. The topological polar surface area (TPSA) is 142 Å². The summed E-state index contributed by atoms with van der Waals surface area (Å²) in [4.78, 5) is 33.0. The molecule has 0 bridgehead atoms. The molecule has 0 aromatic heterocycles. The van der Waals surface area contributed by atoms with Gasteiger partial charge in [0.1, 0.15) is 6.04 Å². The molecule has 0 heterocycles. The Morgan fingerprint density at radius 1 is 1.24 bits per heavy atom. The Kier molecular flexibility index (Phi) is 5.77. The molecule has 8 nitrogen and oxygen atoms in total. The first-order valence-corrected chi connectivity index (χ1v) is 6.23. The lowest BCUT2D eigenvalue weighted by atomic mass is 10.2. The van der Waals surface area contributed by atoms with E-state index in [1.54, 1.807) is 0 Å². The quantitative estimate of drug-likeness (QED) is 0.547. The van der Waals surface area contributed by atoms with Gasteiger partial charge in [-0.15, -0.1) is 0 Å². The van der Waals surface area contributed by atoms with Crippen LogP contribution >= 0.6 is 23.2 Å². The highest BCUT2D eigenvalue weighted by Crippen LogP contribution is 2.30. The zero-order chi connectivity index (χ0) is 16.2. The maximum atomic E-state index is 11.6. The van der Waals surface area contributed by atoms with Crippen LogP contribution in [0.25, 0.3) is 0 Å². The van der Waals surface area contributed by atoms with Crippen LogP contribution in [0.4, 0.5) is 10.5 Å². The Hall–Kier alpha value is -2.03. The lowest BCUT2D eigenvalue weighted by Gasteiger charge is -2.12. The molecule has 1 rings (SSSR count). The summed E-state index contributed by atoms with van der Waals surface area (Å²) in [6.45, 7) is -0.314. The minimum absolute atomic E-state index is 0.0250.